The van der Waals surface area contributed by atoms with Crippen LogP contribution in [-0.2, 0) is 0 Å². The number of halogens is 1. The van der Waals surface area contributed by atoms with Crippen molar-refractivity contribution in [2.75, 3.05) is 0 Å². The van der Waals surface area contributed by atoms with E-state index in [2.05, 4.69) is 25.9 Å². The number of phenolic OH excluding ortho intramolecular Hbond substituents is 2. The number of phenols is 2. The van der Waals surface area contributed by atoms with Gasteiger partial charge in [-0.05, 0) is 52.7 Å². The van der Waals surface area contributed by atoms with Gasteiger partial charge in [-0.3, -0.25) is 15.1 Å². The van der Waals surface area contributed by atoms with Gasteiger partial charge in [-0.2, -0.15) is 0 Å². The molecule has 0 radical (unpaired) electrons. The number of fused-ring (bicyclic) bond motifs is 1. The third-order valence-corrected chi connectivity index (χ3v) is 5.00. The number of aryl methyl sites for hydroxylation is 1. The van der Waals surface area contributed by atoms with Crippen LogP contribution in [0.5, 0.6) is 11.5 Å². The molecule has 0 aliphatic carbocycles. The molecule has 1 heterocycles. The van der Waals surface area contributed by atoms with Crippen LogP contribution in [0.1, 0.15) is 11.1 Å². The van der Waals surface area contributed by atoms with Crippen molar-refractivity contribution in [3.63, 3.8) is 0 Å². The lowest BCUT2D eigenvalue weighted by Gasteiger charge is -2.03. The molecule has 0 saturated carbocycles. The van der Waals surface area contributed by atoms with Gasteiger partial charge in [-0.25, -0.2) is 4.98 Å². The number of rotatable bonds is 4. The van der Waals surface area contributed by atoms with Crippen molar-refractivity contribution in [1.82, 2.24) is 4.98 Å². The number of aliphatic imine (C=N–C) groups is 1. The summed E-state index contributed by atoms with van der Waals surface area (Å²) in [6.07, 6.45) is 1.28. The lowest BCUT2D eigenvalue weighted by molar-refractivity contribution is -0.385. The van der Waals surface area contributed by atoms with Gasteiger partial charge < -0.3 is 14.6 Å². The summed E-state index contributed by atoms with van der Waals surface area (Å²) in [4.78, 5) is 19.0. The summed E-state index contributed by atoms with van der Waals surface area (Å²) in [6.45, 7) is 1.95. The van der Waals surface area contributed by atoms with Crippen LogP contribution in [0.25, 0.3) is 22.6 Å². The van der Waals surface area contributed by atoms with E-state index < -0.39 is 4.92 Å². The highest BCUT2D eigenvalue weighted by atomic mass is 79.9. The summed E-state index contributed by atoms with van der Waals surface area (Å²) in [5.74, 6) is 0.0215. The van der Waals surface area contributed by atoms with Crippen LogP contribution in [0.3, 0.4) is 0 Å². The molecular weight excluding hydrogens is 454 g/mol. The van der Waals surface area contributed by atoms with Gasteiger partial charge in [0.2, 0.25) is 5.89 Å². The van der Waals surface area contributed by atoms with Crippen molar-refractivity contribution in [2.45, 2.75) is 6.92 Å². The van der Waals surface area contributed by atoms with E-state index in [1.165, 1.54) is 24.4 Å². The lowest BCUT2D eigenvalue weighted by atomic mass is 10.1. The van der Waals surface area contributed by atoms with Crippen molar-refractivity contribution in [3.05, 3.63) is 74.2 Å². The first-order valence-electron chi connectivity index (χ1n) is 8.73. The monoisotopic (exact) mass is 467 g/mol. The Bertz CT molecular complexity index is 1330. The molecule has 150 valence electrons. The van der Waals surface area contributed by atoms with Gasteiger partial charge in [0.25, 0.3) is 5.69 Å². The quantitative estimate of drug-likeness (QED) is 0.227. The predicted molar refractivity (Wildman–Crippen MR) is 116 cm³/mol. The minimum absolute atomic E-state index is 0.0858. The number of benzene rings is 3. The maximum Gasteiger partial charge on any atom is 0.271 e. The van der Waals surface area contributed by atoms with E-state index in [-0.39, 0.29) is 33.1 Å². The Balaban J connectivity index is 1.66. The van der Waals surface area contributed by atoms with Crippen LogP contribution in [0.4, 0.5) is 11.4 Å². The zero-order chi connectivity index (χ0) is 21.4. The first-order chi connectivity index (χ1) is 14.3. The van der Waals surface area contributed by atoms with Crippen LogP contribution in [0.15, 0.2) is 62.4 Å². The second-order valence-corrected chi connectivity index (χ2v) is 7.43. The highest BCUT2D eigenvalue weighted by Crippen LogP contribution is 2.35. The van der Waals surface area contributed by atoms with Crippen molar-refractivity contribution in [2.24, 2.45) is 4.99 Å². The summed E-state index contributed by atoms with van der Waals surface area (Å²) in [5, 5.41) is 31.5. The Morgan fingerprint density at radius 2 is 1.97 bits per heavy atom. The SMILES string of the molecule is Cc1ccc2nc(-c3ccc(N=Cc4cc([N+](=O)[O-])cc(Br)c4O)cc3O)oc2c1. The van der Waals surface area contributed by atoms with Gasteiger partial charge in [0.1, 0.15) is 17.0 Å². The van der Waals surface area contributed by atoms with Crippen molar-refractivity contribution >= 4 is 44.6 Å². The van der Waals surface area contributed by atoms with E-state index in [0.29, 0.717) is 22.4 Å². The summed E-state index contributed by atoms with van der Waals surface area (Å²) >= 11 is 3.08. The fourth-order valence-corrected chi connectivity index (χ4v) is 3.35. The molecule has 2 N–H and O–H groups in total. The van der Waals surface area contributed by atoms with E-state index >= 15 is 0 Å². The molecule has 4 aromatic rings. The number of aromatic nitrogens is 1. The maximum atomic E-state index is 11.0. The molecule has 0 amide bonds. The van der Waals surface area contributed by atoms with Gasteiger partial charge in [0.05, 0.1) is 20.6 Å². The van der Waals surface area contributed by atoms with Crippen LogP contribution in [0, 0.1) is 17.0 Å². The molecule has 9 heteroatoms. The standard InChI is InChI=1S/C21H14BrN3O5/c1-11-2-5-17-19(6-11)30-21(24-17)15-4-3-13(8-18(15)26)23-10-12-7-14(25(28)29)9-16(22)20(12)27/h2-10,26-27H,1H3. The summed E-state index contributed by atoms with van der Waals surface area (Å²) in [6, 6.07) is 12.7. The topological polar surface area (TPSA) is 122 Å². The molecule has 3 aromatic carbocycles. The first-order valence-corrected chi connectivity index (χ1v) is 9.52. The lowest BCUT2D eigenvalue weighted by Crippen LogP contribution is -1.91. The highest BCUT2D eigenvalue weighted by Gasteiger charge is 2.15. The largest absolute Gasteiger partial charge is 0.507 e. The van der Waals surface area contributed by atoms with Gasteiger partial charge in [0.15, 0.2) is 5.58 Å². The van der Waals surface area contributed by atoms with Gasteiger partial charge >= 0.3 is 0 Å². The molecule has 0 atom stereocenters. The van der Waals surface area contributed by atoms with Gasteiger partial charge in [-0.1, -0.05) is 6.07 Å². The van der Waals surface area contributed by atoms with E-state index in [9.17, 15) is 20.3 Å². The molecule has 8 nitrogen and oxygen atoms in total. The Morgan fingerprint density at radius 1 is 1.17 bits per heavy atom. The van der Waals surface area contributed by atoms with Crippen molar-refractivity contribution in [3.8, 4) is 23.0 Å². The minimum atomic E-state index is -0.565. The van der Waals surface area contributed by atoms with Crippen LogP contribution in [0.2, 0.25) is 0 Å². The Labute approximate surface area is 178 Å². The number of aromatic hydroxyl groups is 2. The number of nitro benzene ring substituents is 1. The fraction of sp³-hybridized carbons (Fsp3) is 0.0476. The summed E-state index contributed by atoms with van der Waals surface area (Å²) < 4.78 is 5.92. The second kappa shape index (κ2) is 7.60. The molecule has 4 rings (SSSR count). The molecule has 1 aromatic heterocycles. The second-order valence-electron chi connectivity index (χ2n) is 6.57. The number of hydrogen-bond acceptors (Lipinski definition) is 7. The summed E-state index contributed by atoms with van der Waals surface area (Å²) in [5.41, 5.74) is 3.10. The number of nitro groups is 1. The highest BCUT2D eigenvalue weighted by molar-refractivity contribution is 9.10. The third-order valence-electron chi connectivity index (χ3n) is 4.40. The number of hydrogen-bond donors (Lipinski definition) is 2. The Morgan fingerprint density at radius 3 is 2.70 bits per heavy atom. The molecule has 0 aliphatic heterocycles. The molecule has 0 spiro atoms. The zero-order valence-electron chi connectivity index (χ0n) is 15.5. The molecule has 0 saturated heterocycles. The van der Waals surface area contributed by atoms with E-state index in [4.69, 9.17) is 4.42 Å². The number of nitrogens with zero attached hydrogens (tertiary/aromatic N) is 3. The van der Waals surface area contributed by atoms with Crippen LogP contribution in [-0.4, -0.2) is 26.3 Å². The summed E-state index contributed by atoms with van der Waals surface area (Å²) in [7, 11) is 0. The molecular formula is C21H14BrN3O5. The normalized spacial score (nSPS) is 11.4. The predicted octanol–water partition coefficient (Wildman–Crippen LogP) is 5.64. The van der Waals surface area contributed by atoms with Crippen LogP contribution < -0.4 is 0 Å². The zero-order valence-corrected chi connectivity index (χ0v) is 17.1. The fourth-order valence-electron chi connectivity index (χ4n) is 2.88. The number of non-ortho nitro benzene ring substituents is 1. The minimum Gasteiger partial charge on any atom is -0.507 e. The average Bonchev–Trinajstić information content (AvgIpc) is 3.11. The molecule has 0 aliphatic rings. The molecule has 0 unspecified atom stereocenters. The Hall–Kier alpha value is -3.72. The van der Waals surface area contributed by atoms with Crippen LogP contribution >= 0.6 is 15.9 Å². The molecule has 0 fully saturated rings. The number of oxazole rings is 1. The van der Waals surface area contributed by atoms with E-state index in [0.717, 1.165) is 5.56 Å². The molecule has 30 heavy (non-hydrogen) atoms. The van der Waals surface area contributed by atoms with Gasteiger partial charge in [0, 0.05) is 30.0 Å². The smallest absolute Gasteiger partial charge is 0.271 e. The first kappa shape index (κ1) is 19.6. The average molecular weight is 468 g/mol. The third kappa shape index (κ3) is 3.74. The van der Waals surface area contributed by atoms with Crippen molar-refractivity contribution in [1.29, 1.82) is 0 Å². The molecule has 0 bridgehead atoms. The van der Waals surface area contributed by atoms with E-state index in [1.807, 2.05) is 25.1 Å². The van der Waals surface area contributed by atoms with Crippen molar-refractivity contribution < 1.29 is 19.6 Å². The van der Waals surface area contributed by atoms with Gasteiger partial charge in [-0.15, -0.1) is 0 Å². The maximum absolute atomic E-state index is 11.0. The Kier molecular flexibility index (Phi) is 4.96. The van der Waals surface area contributed by atoms with E-state index in [1.54, 1.807) is 12.1 Å².